The summed E-state index contributed by atoms with van der Waals surface area (Å²) in [5, 5.41) is 3.14. The molecule has 0 aliphatic heterocycles. The van der Waals surface area contributed by atoms with Gasteiger partial charge < -0.3 is 5.32 Å². The molecule has 3 atom stereocenters. The van der Waals surface area contributed by atoms with Crippen molar-refractivity contribution in [2.24, 2.45) is 11.8 Å². The molecule has 2 rings (SSSR count). The quantitative estimate of drug-likeness (QED) is 0.684. The molecule has 2 saturated carbocycles. The summed E-state index contributed by atoms with van der Waals surface area (Å²) in [6, 6.07) is 0.492. The van der Waals surface area contributed by atoms with E-state index in [9.17, 15) is 4.79 Å². The molecule has 0 saturated heterocycles. The average Bonchev–Trinajstić information content (AvgIpc) is 2.18. The first-order valence-corrected chi connectivity index (χ1v) is 6.04. The second-order valence-electron chi connectivity index (χ2n) is 4.95. The summed E-state index contributed by atoms with van der Waals surface area (Å²) in [5.74, 6) is 1.86. The first-order valence-electron chi connectivity index (χ1n) is 6.04. The summed E-state index contributed by atoms with van der Waals surface area (Å²) >= 11 is 0. The second-order valence-corrected chi connectivity index (χ2v) is 4.95. The van der Waals surface area contributed by atoms with Gasteiger partial charge in [-0.25, -0.2) is 0 Å². The molecule has 2 fully saturated rings. The Morgan fingerprint density at radius 2 is 1.79 bits per heavy atom. The molecule has 2 heteroatoms. The van der Waals surface area contributed by atoms with Gasteiger partial charge >= 0.3 is 0 Å². The van der Waals surface area contributed by atoms with Gasteiger partial charge in [0, 0.05) is 13.0 Å². The summed E-state index contributed by atoms with van der Waals surface area (Å²) in [7, 11) is 0. The van der Waals surface area contributed by atoms with E-state index in [0.717, 1.165) is 11.8 Å². The summed E-state index contributed by atoms with van der Waals surface area (Å²) in [5.41, 5.74) is 0. The van der Waals surface area contributed by atoms with E-state index in [1.165, 1.54) is 44.9 Å². The smallest absolute Gasteiger partial charge is 0.217 e. The van der Waals surface area contributed by atoms with Gasteiger partial charge in [0.05, 0.1) is 0 Å². The van der Waals surface area contributed by atoms with Gasteiger partial charge in [-0.2, -0.15) is 0 Å². The zero-order chi connectivity index (χ0) is 9.97. The van der Waals surface area contributed by atoms with E-state index in [4.69, 9.17) is 0 Å². The van der Waals surface area contributed by atoms with E-state index < -0.39 is 0 Å². The van der Waals surface area contributed by atoms with Crippen molar-refractivity contribution >= 4 is 5.91 Å². The second kappa shape index (κ2) is 4.33. The molecule has 80 valence electrons. The Hall–Kier alpha value is -0.530. The number of hydrogen-bond donors (Lipinski definition) is 1. The van der Waals surface area contributed by atoms with Crippen LogP contribution in [0.5, 0.6) is 0 Å². The van der Waals surface area contributed by atoms with Crippen molar-refractivity contribution in [1.29, 1.82) is 0 Å². The van der Waals surface area contributed by atoms with Crippen molar-refractivity contribution in [2.75, 3.05) is 0 Å². The SMILES string of the molecule is CC(=O)N[C@@H]1CCC[C@@H]2CCCC[C@@H]21. The topological polar surface area (TPSA) is 29.1 Å². The Labute approximate surface area is 86.5 Å². The van der Waals surface area contributed by atoms with Crippen LogP contribution in [0, 0.1) is 11.8 Å². The molecule has 14 heavy (non-hydrogen) atoms. The first-order chi connectivity index (χ1) is 6.77. The molecular formula is C12H21NO. The van der Waals surface area contributed by atoms with Gasteiger partial charge in [-0.3, -0.25) is 4.79 Å². The van der Waals surface area contributed by atoms with Crippen molar-refractivity contribution in [3.05, 3.63) is 0 Å². The Morgan fingerprint density at radius 3 is 2.57 bits per heavy atom. The van der Waals surface area contributed by atoms with Gasteiger partial charge in [-0.15, -0.1) is 0 Å². The zero-order valence-electron chi connectivity index (χ0n) is 9.09. The molecular weight excluding hydrogens is 174 g/mol. The summed E-state index contributed by atoms with van der Waals surface area (Å²) in [6.07, 6.45) is 9.45. The lowest BCUT2D eigenvalue weighted by Gasteiger charge is -2.41. The highest BCUT2D eigenvalue weighted by molar-refractivity contribution is 5.73. The zero-order valence-corrected chi connectivity index (χ0v) is 9.09. The van der Waals surface area contributed by atoms with Crippen LogP contribution in [0.4, 0.5) is 0 Å². The van der Waals surface area contributed by atoms with Gasteiger partial charge in [0.25, 0.3) is 0 Å². The Kier molecular flexibility index (Phi) is 3.09. The highest BCUT2D eigenvalue weighted by atomic mass is 16.1. The number of rotatable bonds is 1. The molecule has 0 aromatic rings. The van der Waals surface area contributed by atoms with Crippen molar-refractivity contribution < 1.29 is 4.79 Å². The van der Waals surface area contributed by atoms with Gasteiger partial charge in [0.2, 0.25) is 5.91 Å². The highest BCUT2D eigenvalue weighted by Gasteiger charge is 2.34. The standard InChI is InChI=1S/C12H21NO/c1-9(14)13-12-8-4-6-10-5-2-3-7-11(10)12/h10-12H,2-8H2,1H3,(H,13,14)/t10-,11-,12+/m0/s1. The summed E-state index contributed by atoms with van der Waals surface area (Å²) < 4.78 is 0. The molecule has 0 spiro atoms. The fourth-order valence-corrected chi connectivity index (χ4v) is 3.38. The summed E-state index contributed by atoms with van der Waals surface area (Å²) in [6.45, 7) is 1.65. The lowest BCUT2D eigenvalue weighted by atomic mass is 9.68. The van der Waals surface area contributed by atoms with Crippen molar-refractivity contribution in [3.8, 4) is 0 Å². The molecule has 0 aromatic heterocycles. The minimum atomic E-state index is 0.154. The predicted molar refractivity (Wildman–Crippen MR) is 56.9 cm³/mol. The van der Waals surface area contributed by atoms with Crippen molar-refractivity contribution in [3.63, 3.8) is 0 Å². The Morgan fingerprint density at radius 1 is 1.07 bits per heavy atom. The largest absolute Gasteiger partial charge is 0.353 e. The number of hydrogen-bond acceptors (Lipinski definition) is 1. The van der Waals surface area contributed by atoms with Crippen LogP contribution < -0.4 is 5.32 Å². The molecule has 2 aliphatic rings. The van der Waals surface area contributed by atoms with Crippen LogP contribution in [-0.4, -0.2) is 11.9 Å². The molecule has 2 nitrogen and oxygen atoms in total. The van der Waals surface area contributed by atoms with Crippen LogP contribution in [0.3, 0.4) is 0 Å². The Balaban J connectivity index is 1.97. The van der Waals surface area contributed by atoms with Crippen LogP contribution in [-0.2, 0) is 4.79 Å². The number of nitrogens with one attached hydrogen (secondary N) is 1. The van der Waals surface area contributed by atoms with E-state index in [0.29, 0.717) is 6.04 Å². The van der Waals surface area contributed by atoms with Crippen LogP contribution in [0.25, 0.3) is 0 Å². The highest BCUT2D eigenvalue weighted by Crippen LogP contribution is 2.40. The lowest BCUT2D eigenvalue weighted by Crippen LogP contribution is -2.45. The number of carbonyl (C=O) groups is 1. The molecule has 0 aromatic carbocycles. The van der Waals surface area contributed by atoms with E-state index >= 15 is 0 Å². The third kappa shape index (κ3) is 2.10. The fraction of sp³-hybridized carbons (Fsp3) is 0.917. The molecule has 0 radical (unpaired) electrons. The van der Waals surface area contributed by atoms with E-state index in [1.807, 2.05) is 0 Å². The number of carbonyl (C=O) groups excluding carboxylic acids is 1. The maximum Gasteiger partial charge on any atom is 0.217 e. The van der Waals surface area contributed by atoms with Crippen LogP contribution in [0.15, 0.2) is 0 Å². The minimum absolute atomic E-state index is 0.154. The normalized spacial score (nSPS) is 37.4. The minimum Gasteiger partial charge on any atom is -0.353 e. The molecule has 0 bridgehead atoms. The van der Waals surface area contributed by atoms with E-state index in [-0.39, 0.29) is 5.91 Å². The molecule has 2 aliphatic carbocycles. The number of fused-ring (bicyclic) bond motifs is 1. The van der Waals surface area contributed by atoms with Gasteiger partial charge in [0.1, 0.15) is 0 Å². The molecule has 0 heterocycles. The van der Waals surface area contributed by atoms with Crippen LogP contribution in [0.2, 0.25) is 0 Å². The van der Waals surface area contributed by atoms with Crippen molar-refractivity contribution in [2.45, 2.75) is 57.9 Å². The third-order valence-corrected chi connectivity index (χ3v) is 3.96. The molecule has 1 amide bonds. The first kappa shape index (κ1) is 10.0. The average molecular weight is 195 g/mol. The maximum atomic E-state index is 11.1. The fourth-order valence-electron chi connectivity index (χ4n) is 3.38. The van der Waals surface area contributed by atoms with E-state index in [1.54, 1.807) is 6.92 Å². The molecule has 1 N–H and O–H groups in total. The monoisotopic (exact) mass is 195 g/mol. The van der Waals surface area contributed by atoms with Gasteiger partial charge in [-0.1, -0.05) is 32.1 Å². The van der Waals surface area contributed by atoms with E-state index in [2.05, 4.69) is 5.32 Å². The predicted octanol–water partition coefficient (Wildman–Crippen LogP) is 2.48. The Bertz CT molecular complexity index is 212. The number of amides is 1. The lowest BCUT2D eigenvalue weighted by molar-refractivity contribution is -0.120. The van der Waals surface area contributed by atoms with Crippen LogP contribution >= 0.6 is 0 Å². The third-order valence-electron chi connectivity index (χ3n) is 3.96. The van der Waals surface area contributed by atoms with Gasteiger partial charge in [0.15, 0.2) is 0 Å². The van der Waals surface area contributed by atoms with Crippen molar-refractivity contribution in [1.82, 2.24) is 5.32 Å². The van der Waals surface area contributed by atoms with Crippen LogP contribution in [0.1, 0.15) is 51.9 Å². The molecule has 0 unspecified atom stereocenters. The summed E-state index contributed by atoms with van der Waals surface area (Å²) in [4.78, 5) is 11.1. The van der Waals surface area contributed by atoms with Gasteiger partial charge in [-0.05, 0) is 24.7 Å². The maximum absolute atomic E-state index is 11.1.